The Kier molecular flexibility index (Phi) is 3.63. The van der Waals surface area contributed by atoms with E-state index in [0.717, 1.165) is 30.0 Å². The van der Waals surface area contributed by atoms with Gasteiger partial charge in [0.05, 0.1) is 5.69 Å². The zero-order chi connectivity index (χ0) is 19.7. The highest BCUT2D eigenvalue weighted by atomic mass is 16.3. The van der Waals surface area contributed by atoms with Gasteiger partial charge in [-0.1, -0.05) is 24.3 Å². The summed E-state index contributed by atoms with van der Waals surface area (Å²) in [6, 6.07) is 14.0. The summed E-state index contributed by atoms with van der Waals surface area (Å²) >= 11 is 0. The quantitative estimate of drug-likeness (QED) is 0.653. The molecule has 3 fully saturated rings. The number of phenols is 1. The Balaban J connectivity index is 1.34. The molecule has 5 atom stereocenters. The number of carbonyl (C=O) groups excluding carboxylic acids is 1. The van der Waals surface area contributed by atoms with E-state index in [0.29, 0.717) is 29.6 Å². The van der Waals surface area contributed by atoms with Crippen molar-refractivity contribution in [1.82, 2.24) is 9.80 Å². The van der Waals surface area contributed by atoms with Crippen LogP contribution in [0.5, 0.6) is 5.75 Å². The third kappa shape index (κ3) is 2.42. The summed E-state index contributed by atoms with van der Waals surface area (Å²) in [7, 11) is 2.25. The summed E-state index contributed by atoms with van der Waals surface area (Å²) in [5.41, 5.74) is 3.15. The first-order valence-corrected chi connectivity index (χ1v) is 10.6. The lowest BCUT2D eigenvalue weighted by Crippen LogP contribution is -2.40. The Morgan fingerprint density at radius 1 is 1.00 bits per heavy atom. The molecule has 3 N–H and O–H groups in total. The normalized spacial score (nSPS) is 32.0. The number of rotatable bonds is 1. The van der Waals surface area contributed by atoms with Gasteiger partial charge in [-0.2, -0.15) is 0 Å². The molecule has 0 spiro atoms. The number of anilines is 3. The van der Waals surface area contributed by atoms with Crippen LogP contribution in [0.1, 0.15) is 24.4 Å². The van der Waals surface area contributed by atoms with Gasteiger partial charge in [-0.15, -0.1) is 0 Å². The van der Waals surface area contributed by atoms with Crippen LogP contribution in [0.15, 0.2) is 42.5 Å². The number of benzene rings is 2. The number of hydrogen-bond donors (Lipinski definition) is 3. The smallest absolute Gasteiger partial charge is 0.249 e. The third-order valence-electron chi connectivity index (χ3n) is 7.64. The van der Waals surface area contributed by atoms with Crippen LogP contribution >= 0.6 is 0 Å². The molecule has 4 aliphatic rings. The second-order valence-electron chi connectivity index (χ2n) is 8.94. The van der Waals surface area contributed by atoms with Crippen LogP contribution < -0.4 is 10.6 Å². The van der Waals surface area contributed by atoms with Gasteiger partial charge in [-0.3, -0.25) is 9.69 Å². The van der Waals surface area contributed by atoms with Crippen LogP contribution in [-0.2, 0) is 4.79 Å². The first-order valence-electron chi connectivity index (χ1n) is 10.6. The van der Waals surface area contributed by atoms with Crippen molar-refractivity contribution in [3.63, 3.8) is 0 Å². The number of fused-ring (bicyclic) bond motifs is 7. The molecule has 6 heteroatoms. The van der Waals surface area contributed by atoms with Gasteiger partial charge in [0.15, 0.2) is 0 Å². The van der Waals surface area contributed by atoms with Gasteiger partial charge < -0.3 is 20.6 Å². The monoisotopic (exact) mass is 390 g/mol. The van der Waals surface area contributed by atoms with Crippen LogP contribution in [0.25, 0.3) is 0 Å². The summed E-state index contributed by atoms with van der Waals surface area (Å²) in [5, 5.41) is 17.1. The number of nitrogens with one attached hydrogen (secondary N) is 2. The van der Waals surface area contributed by atoms with Gasteiger partial charge >= 0.3 is 0 Å². The highest BCUT2D eigenvalue weighted by Crippen LogP contribution is 2.49. The largest absolute Gasteiger partial charge is 0.506 e. The number of phenolic OH excluding ortho intramolecular Hbond substituents is 1. The van der Waals surface area contributed by atoms with E-state index in [9.17, 15) is 9.90 Å². The summed E-state index contributed by atoms with van der Waals surface area (Å²) in [6.45, 7) is 1.71. The third-order valence-corrected chi connectivity index (χ3v) is 7.64. The van der Waals surface area contributed by atoms with Crippen molar-refractivity contribution < 1.29 is 9.90 Å². The van der Waals surface area contributed by atoms with Gasteiger partial charge in [-0.05, 0) is 49.9 Å². The minimum atomic E-state index is -0.462. The molecule has 1 amide bonds. The molecule has 150 valence electrons. The summed E-state index contributed by atoms with van der Waals surface area (Å²) in [5.74, 6) is 1.52. The first-order chi connectivity index (χ1) is 14.1. The van der Waals surface area contributed by atoms with Crippen molar-refractivity contribution in [3.8, 4) is 5.75 Å². The zero-order valence-electron chi connectivity index (χ0n) is 16.5. The molecule has 5 unspecified atom stereocenters. The number of likely N-dealkylation sites (tertiary alicyclic amines) is 1. The lowest BCUT2D eigenvalue weighted by molar-refractivity contribution is -0.131. The van der Waals surface area contributed by atoms with E-state index < -0.39 is 6.04 Å². The van der Waals surface area contributed by atoms with E-state index in [1.54, 1.807) is 12.1 Å². The maximum Gasteiger partial charge on any atom is 0.249 e. The maximum atomic E-state index is 13.7. The van der Waals surface area contributed by atoms with Crippen molar-refractivity contribution in [3.05, 3.63) is 48.0 Å². The molecular formula is C23H26N4O2. The molecule has 2 aromatic carbocycles. The molecule has 6 nitrogen and oxygen atoms in total. The molecule has 29 heavy (non-hydrogen) atoms. The highest BCUT2D eigenvalue weighted by Gasteiger charge is 2.56. The van der Waals surface area contributed by atoms with Crippen molar-refractivity contribution in [2.24, 2.45) is 11.8 Å². The molecule has 0 aliphatic carbocycles. The van der Waals surface area contributed by atoms with E-state index in [1.165, 1.54) is 12.8 Å². The minimum absolute atomic E-state index is 0.131. The fourth-order valence-corrected chi connectivity index (χ4v) is 6.27. The van der Waals surface area contributed by atoms with Crippen LogP contribution in [-0.4, -0.2) is 53.0 Å². The van der Waals surface area contributed by atoms with Crippen molar-refractivity contribution in [2.75, 3.05) is 30.8 Å². The number of aromatic hydroxyl groups is 1. The van der Waals surface area contributed by atoms with Crippen LogP contribution in [0, 0.1) is 11.8 Å². The highest BCUT2D eigenvalue weighted by molar-refractivity contribution is 5.93. The molecule has 0 saturated carbocycles. The number of hydrogen-bond acceptors (Lipinski definition) is 5. The van der Waals surface area contributed by atoms with Gasteiger partial charge in [0.25, 0.3) is 0 Å². The molecule has 2 aromatic rings. The average molecular weight is 390 g/mol. The average Bonchev–Trinajstić information content (AvgIpc) is 3.35. The predicted molar refractivity (Wildman–Crippen MR) is 112 cm³/mol. The molecule has 0 radical (unpaired) electrons. The second-order valence-corrected chi connectivity index (χ2v) is 8.94. The van der Waals surface area contributed by atoms with Gasteiger partial charge in [0, 0.05) is 36.4 Å². The second kappa shape index (κ2) is 6.13. The Morgan fingerprint density at radius 2 is 1.69 bits per heavy atom. The predicted octanol–water partition coefficient (Wildman–Crippen LogP) is 3.15. The van der Waals surface area contributed by atoms with E-state index in [1.807, 2.05) is 30.3 Å². The Labute approximate surface area is 170 Å². The fourth-order valence-electron chi connectivity index (χ4n) is 6.27. The molecule has 0 aromatic heterocycles. The Hall–Kier alpha value is -2.73. The summed E-state index contributed by atoms with van der Waals surface area (Å²) < 4.78 is 0. The van der Waals surface area contributed by atoms with E-state index in [4.69, 9.17) is 0 Å². The number of nitrogens with zero attached hydrogens (tertiary/aromatic N) is 2. The number of carbonyl (C=O) groups is 1. The summed E-state index contributed by atoms with van der Waals surface area (Å²) in [6.07, 6.45) is 2.54. The molecule has 6 rings (SSSR count). The summed E-state index contributed by atoms with van der Waals surface area (Å²) in [4.78, 5) is 18.4. The number of para-hydroxylation sites is 2. The molecule has 3 saturated heterocycles. The standard InChI is InChI=1S/C23H26N4O2/c1-26-18-9-10-19(26)15-12-27(11-14(15)18)23(29)21-13-5-2-3-6-16(13)24-22-17(25-21)7-4-8-20(22)28/h2-8,14-15,18-19,21,24-25,28H,9-12H2,1H3. The van der Waals surface area contributed by atoms with Crippen molar-refractivity contribution in [1.29, 1.82) is 0 Å². The lowest BCUT2D eigenvalue weighted by atomic mass is 9.82. The van der Waals surface area contributed by atoms with Gasteiger partial charge in [0.1, 0.15) is 17.5 Å². The maximum absolute atomic E-state index is 13.7. The van der Waals surface area contributed by atoms with Crippen LogP contribution in [0.4, 0.5) is 17.1 Å². The van der Waals surface area contributed by atoms with Gasteiger partial charge in [-0.25, -0.2) is 0 Å². The Bertz CT molecular complexity index is 973. The SMILES string of the molecule is CN1C2CCC1C1CN(C(=O)C3Nc4cccc(O)c4Nc4ccccc43)CC12. The zero-order valence-corrected chi connectivity index (χ0v) is 16.5. The lowest BCUT2D eigenvalue weighted by Gasteiger charge is -2.27. The van der Waals surface area contributed by atoms with E-state index >= 15 is 0 Å². The van der Waals surface area contributed by atoms with Crippen LogP contribution in [0.2, 0.25) is 0 Å². The van der Waals surface area contributed by atoms with Gasteiger partial charge in [0.2, 0.25) is 5.91 Å². The molecule has 2 bridgehead atoms. The van der Waals surface area contributed by atoms with Crippen LogP contribution in [0.3, 0.4) is 0 Å². The number of amides is 1. The van der Waals surface area contributed by atoms with Crippen molar-refractivity contribution >= 4 is 23.0 Å². The molecule has 4 aliphatic heterocycles. The first kappa shape index (κ1) is 17.2. The Morgan fingerprint density at radius 3 is 2.45 bits per heavy atom. The van der Waals surface area contributed by atoms with E-state index in [2.05, 4.69) is 27.5 Å². The fraction of sp³-hybridized carbons (Fsp3) is 0.435. The molecule has 4 heterocycles. The minimum Gasteiger partial charge on any atom is -0.506 e. The molecular weight excluding hydrogens is 364 g/mol. The van der Waals surface area contributed by atoms with Crippen molar-refractivity contribution in [2.45, 2.75) is 31.0 Å². The topological polar surface area (TPSA) is 67.8 Å². The van der Waals surface area contributed by atoms with E-state index in [-0.39, 0.29) is 11.7 Å².